The van der Waals surface area contributed by atoms with Crippen molar-refractivity contribution in [2.75, 3.05) is 5.73 Å². The third-order valence-corrected chi connectivity index (χ3v) is 3.21. The second-order valence-electron chi connectivity index (χ2n) is 3.81. The monoisotopic (exact) mass is 235 g/mol. The number of hydrogen-bond donors (Lipinski definition) is 2. The number of aromatic amines is 1. The van der Waals surface area contributed by atoms with E-state index in [0.29, 0.717) is 21.8 Å². The van der Waals surface area contributed by atoms with Crippen molar-refractivity contribution >= 4 is 28.4 Å². The lowest BCUT2D eigenvalue weighted by Gasteiger charge is -2.08. The number of anilines is 1. The van der Waals surface area contributed by atoms with Crippen LogP contribution in [0, 0.1) is 0 Å². The van der Waals surface area contributed by atoms with Crippen LogP contribution in [0.3, 0.4) is 0 Å². The smallest absolute Gasteiger partial charge is 0.258 e. The zero-order chi connectivity index (χ0) is 11.7. The Morgan fingerprint density at radius 1 is 1.44 bits per heavy atom. The van der Waals surface area contributed by atoms with Gasteiger partial charge in [-0.3, -0.25) is 4.79 Å². The van der Waals surface area contributed by atoms with Crippen LogP contribution in [0.15, 0.2) is 28.2 Å². The maximum atomic E-state index is 11.5. The highest BCUT2D eigenvalue weighted by atomic mass is 32.2. The number of H-pyrrole nitrogens is 1. The van der Waals surface area contributed by atoms with Gasteiger partial charge in [-0.1, -0.05) is 13.8 Å². The molecule has 0 spiro atoms. The summed E-state index contributed by atoms with van der Waals surface area (Å²) >= 11 is 1.67. The molecule has 3 N–H and O–H groups in total. The molecule has 0 aliphatic heterocycles. The molecular weight excluding hydrogens is 222 g/mol. The zero-order valence-electron chi connectivity index (χ0n) is 9.15. The van der Waals surface area contributed by atoms with Crippen molar-refractivity contribution in [1.29, 1.82) is 0 Å². The molecule has 2 aromatic rings. The molecule has 4 nitrogen and oxygen atoms in total. The maximum Gasteiger partial charge on any atom is 0.258 e. The van der Waals surface area contributed by atoms with Crippen LogP contribution in [0.25, 0.3) is 10.9 Å². The molecule has 0 aliphatic rings. The third kappa shape index (κ3) is 2.04. The van der Waals surface area contributed by atoms with Gasteiger partial charge in [0, 0.05) is 15.8 Å². The Labute approximate surface area is 97.3 Å². The summed E-state index contributed by atoms with van der Waals surface area (Å²) in [4.78, 5) is 19.1. The van der Waals surface area contributed by atoms with Crippen molar-refractivity contribution in [3.05, 3.63) is 28.8 Å². The second-order valence-corrected chi connectivity index (χ2v) is 5.42. The fourth-order valence-electron chi connectivity index (χ4n) is 1.47. The summed E-state index contributed by atoms with van der Waals surface area (Å²) in [7, 11) is 0. The van der Waals surface area contributed by atoms with E-state index >= 15 is 0 Å². The molecule has 5 heteroatoms. The average Bonchev–Trinajstić information content (AvgIpc) is 2.20. The summed E-state index contributed by atoms with van der Waals surface area (Å²) in [5, 5.41) is 0.981. The molecule has 84 valence electrons. The van der Waals surface area contributed by atoms with Crippen molar-refractivity contribution < 1.29 is 0 Å². The van der Waals surface area contributed by atoms with Gasteiger partial charge in [-0.15, -0.1) is 11.8 Å². The molecule has 16 heavy (non-hydrogen) atoms. The number of nitrogens with two attached hydrogens (primary N) is 1. The molecule has 0 fully saturated rings. The van der Waals surface area contributed by atoms with E-state index in [1.807, 2.05) is 6.07 Å². The molecular formula is C11H13N3OS. The number of hydrogen-bond acceptors (Lipinski definition) is 4. The van der Waals surface area contributed by atoms with Gasteiger partial charge >= 0.3 is 0 Å². The normalized spacial score (nSPS) is 11.2. The van der Waals surface area contributed by atoms with Gasteiger partial charge in [0.05, 0.1) is 17.2 Å². The molecule has 1 aromatic heterocycles. The van der Waals surface area contributed by atoms with Crippen LogP contribution in [0.4, 0.5) is 5.69 Å². The van der Waals surface area contributed by atoms with E-state index in [1.165, 1.54) is 6.33 Å². The van der Waals surface area contributed by atoms with E-state index in [2.05, 4.69) is 23.8 Å². The van der Waals surface area contributed by atoms with Crippen LogP contribution in [0.2, 0.25) is 0 Å². The first-order valence-electron chi connectivity index (χ1n) is 5.01. The second kappa shape index (κ2) is 4.17. The lowest BCUT2D eigenvalue weighted by atomic mass is 10.2. The van der Waals surface area contributed by atoms with E-state index in [4.69, 9.17) is 5.73 Å². The minimum atomic E-state index is -0.155. The Balaban J connectivity index is 2.63. The number of rotatable bonds is 2. The number of nitrogen functional groups attached to an aromatic ring is 1. The Hall–Kier alpha value is -1.49. The van der Waals surface area contributed by atoms with Crippen LogP contribution < -0.4 is 11.3 Å². The number of thioether (sulfide) groups is 1. The predicted molar refractivity (Wildman–Crippen MR) is 67.8 cm³/mol. The minimum Gasteiger partial charge on any atom is -0.398 e. The topological polar surface area (TPSA) is 71.8 Å². The summed E-state index contributed by atoms with van der Waals surface area (Å²) in [6.07, 6.45) is 1.41. The standard InChI is InChI=1S/C11H13N3OS/c1-6(2)16-10-4-9-7(3-8(10)12)11(15)14-5-13-9/h3-6H,12H2,1-2H3,(H,13,14,15). The summed E-state index contributed by atoms with van der Waals surface area (Å²) in [5.74, 6) is 0. The van der Waals surface area contributed by atoms with E-state index in [9.17, 15) is 4.79 Å². The van der Waals surface area contributed by atoms with Gasteiger partial charge in [0.2, 0.25) is 0 Å². The number of nitrogens with zero attached hydrogens (tertiary/aromatic N) is 1. The minimum absolute atomic E-state index is 0.155. The lowest BCUT2D eigenvalue weighted by Crippen LogP contribution is -2.07. The van der Waals surface area contributed by atoms with Gasteiger partial charge in [0.15, 0.2) is 0 Å². The molecule has 1 aromatic carbocycles. The average molecular weight is 235 g/mol. The van der Waals surface area contributed by atoms with Crippen LogP contribution in [0.5, 0.6) is 0 Å². The zero-order valence-corrected chi connectivity index (χ0v) is 9.97. The SMILES string of the molecule is CC(C)Sc1cc2nc[nH]c(=O)c2cc1N. The highest BCUT2D eigenvalue weighted by molar-refractivity contribution is 8.00. The van der Waals surface area contributed by atoms with Gasteiger partial charge in [-0.2, -0.15) is 0 Å². The first-order chi connectivity index (χ1) is 7.58. The quantitative estimate of drug-likeness (QED) is 0.617. The van der Waals surface area contributed by atoms with Crippen LogP contribution in [-0.2, 0) is 0 Å². The van der Waals surface area contributed by atoms with Gasteiger partial charge in [-0.25, -0.2) is 4.98 Å². The van der Waals surface area contributed by atoms with Crippen LogP contribution >= 0.6 is 11.8 Å². The van der Waals surface area contributed by atoms with Crippen LogP contribution in [0.1, 0.15) is 13.8 Å². The highest BCUT2D eigenvalue weighted by Crippen LogP contribution is 2.30. The van der Waals surface area contributed by atoms with Gasteiger partial charge in [0.25, 0.3) is 5.56 Å². The van der Waals surface area contributed by atoms with Crippen molar-refractivity contribution in [2.24, 2.45) is 0 Å². The number of fused-ring (bicyclic) bond motifs is 1. The molecule has 0 atom stereocenters. The third-order valence-electron chi connectivity index (χ3n) is 2.13. The molecule has 0 amide bonds. The molecule has 0 aliphatic carbocycles. The largest absolute Gasteiger partial charge is 0.398 e. The van der Waals surface area contributed by atoms with Crippen LogP contribution in [-0.4, -0.2) is 15.2 Å². The fourth-order valence-corrected chi connectivity index (χ4v) is 2.35. The number of aromatic nitrogens is 2. The number of nitrogens with one attached hydrogen (secondary N) is 1. The molecule has 2 rings (SSSR count). The first-order valence-corrected chi connectivity index (χ1v) is 5.89. The van der Waals surface area contributed by atoms with Crippen molar-refractivity contribution in [2.45, 2.75) is 24.0 Å². The van der Waals surface area contributed by atoms with Gasteiger partial charge < -0.3 is 10.7 Å². The van der Waals surface area contributed by atoms with Crippen molar-refractivity contribution in [3.63, 3.8) is 0 Å². The lowest BCUT2D eigenvalue weighted by molar-refractivity contribution is 1.11. The summed E-state index contributed by atoms with van der Waals surface area (Å²) < 4.78 is 0. The van der Waals surface area contributed by atoms with Gasteiger partial charge in [-0.05, 0) is 12.1 Å². The molecule has 1 heterocycles. The van der Waals surface area contributed by atoms with Crippen molar-refractivity contribution in [3.8, 4) is 0 Å². The number of benzene rings is 1. The summed E-state index contributed by atoms with van der Waals surface area (Å²) in [6.45, 7) is 4.19. The molecule has 0 unspecified atom stereocenters. The van der Waals surface area contributed by atoms with E-state index in [0.717, 1.165) is 4.90 Å². The Bertz CT molecular complexity index is 577. The Morgan fingerprint density at radius 3 is 2.88 bits per heavy atom. The Kier molecular flexibility index (Phi) is 2.87. The van der Waals surface area contributed by atoms with E-state index < -0.39 is 0 Å². The maximum absolute atomic E-state index is 11.5. The van der Waals surface area contributed by atoms with E-state index in [-0.39, 0.29) is 5.56 Å². The Morgan fingerprint density at radius 2 is 2.19 bits per heavy atom. The molecule has 0 bridgehead atoms. The summed E-state index contributed by atoms with van der Waals surface area (Å²) in [5.41, 5.74) is 7.06. The molecule has 0 radical (unpaired) electrons. The predicted octanol–water partition coefficient (Wildman–Crippen LogP) is 2.01. The molecule has 0 saturated heterocycles. The van der Waals surface area contributed by atoms with Crippen molar-refractivity contribution in [1.82, 2.24) is 9.97 Å². The fraction of sp³-hybridized carbons (Fsp3) is 0.273. The molecule has 0 saturated carbocycles. The summed E-state index contributed by atoms with van der Waals surface area (Å²) in [6, 6.07) is 3.55. The highest BCUT2D eigenvalue weighted by Gasteiger charge is 2.07. The first kappa shape index (κ1) is 11.0. The van der Waals surface area contributed by atoms with Gasteiger partial charge in [0.1, 0.15) is 0 Å². The van der Waals surface area contributed by atoms with E-state index in [1.54, 1.807) is 17.8 Å².